The van der Waals surface area contributed by atoms with Crippen LogP contribution in [0.15, 0.2) is 24.3 Å². The van der Waals surface area contributed by atoms with E-state index in [0.29, 0.717) is 17.9 Å². The summed E-state index contributed by atoms with van der Waals surface area (Å²) in [6, 6.07) is 5.48. The number of aliphatic hydroxyl groups is 1. The quantitative estimate of drug-likeness (QED) is 0.774. The zero-order valence-electron chi connectivity index (χ0n) is 12.8. The smallest absolute Gasteiger partial charge is 0.215 e. The van der Waals surface area contributed by atoms with Crippen LogP contribution in [0.1, 0.15) is 39.2 Å². The molecule has 1 unspecified atom stereocenters. The van der Waals surface area contributed by atoms with Crippen LogP contribution < -0.4 is 4.72 Å². The van der Waals surface area contributed by atoms with Crippen LogP contribution in [0.2, 0.25) is 0 Å². The highest BCUT2D eigenvalue weighted by Crippen LogP contribution is 2.16. The topological polar surface area (TPSA) is 66.4 Å². The zero-order valence-corrected chi connectivity index (χ0v) is 13.6. The average Bonchev–Trinajstić information content (AvgIpc) is 2.34. The third kappa shape index (κ3) is 7.55. The van der Waals surface area contributed by atoms with Gasteiger partial charge in [0.15, 0.2) is 0 Å². The molecule has 2 N–H and O–H groups in total. The summed E-state index contributed by atoms with van der Waals surface area (Å²) in [6.45, 7) is 5.66. The number of nitrogens with one attached hydrogen (secondary N) is 1. The van der Waals surface area contributed by atoms with Crippen molar-refractivity contribution in [1.29, 1.82) is 0 Å². The summed E-state index contributed by atoms with van der Waals surface area (Å²) < 4.78 is 39.3. The summed E-state index contributed by atoms with van der Waals surface area (Å²) in [5.41, 5.74) is -0.705. The first-order valence-electron chi connectivity index (χ1n) is 7.04. The zero-order chi connectivity index (χ0) is 16.1. The molecule has 6 heteroatoms. The Bertz CT molecular complexity index is 556. The van der Waals surface area contributed by atoms with E-state index in [-0.39, 0.29) is 12.3 Å². The number of sulfonamides is 1. The molecule has 21 heavy (non-hydrogen) atoms. The van der Waals surface area contributed by atoms with Gasteiger partial charge in [0.2, 0.25) is 10.0 Å². The SMILES string of the molecule is CC(C)CCC(C)(O)CNS(=O)(=O)Cc1cccc(F)c1. The van der Waals surface area contributed by atoms with Gasteiger partial charge < -0.3 is 5.11 Å². The van der Waals surface area contributed by atoms with E-state index < -0.39 is 21.4 Å². The van der Waals surface area contributed by atoms with E-state index in [2.05, 4.69) is 4.72 Å². The second-order valence-corrected chi connectivity index (χ2v) is 7.95. The van der Waals surface area contributed by atoms with Gasteiger partial charge in [-0.05, 0) is 43.4 Å². The van der Waals surface area contributed by atoms with E-state index in [9.17, 15) is 17.9 Å². The van der Waals surface area contributed by atoms with Gasteiger partial charge in [0, 0.05) is 6.54 Å². The minimum Gasteiger partial charge on any atom is -0.389 e. The molecule has 0 fully saturated rings. The average molecular weight is 317 g/mol. The Morgan fingerprint density at radius 3 is 2.62 bits per heavy atom. The maximum absolute atomic E-state index is 13.0. The predicted octanol–water partition coefficient (Wildman–Crippen LogP) is 2.43. The fourth-order valence-electron chi connectivity index (χ4n) is 1.85. The first kappa shape index (κ1) is 18.1. The summed E-state index contributed by atoms with van der Waals surface area (Å²) in [6.07, 6.45) is 1.34. The summed E-state index contributed by atoms with van der Waals surface area (Å²) in [7, 11) is -3.60. The molecule has 1 aromatic carbocycles. The van der Waals surface area contributed by atoms with Gasteiger partial charge in [0.05, 0.1) is 11.4 Å². The van der Waals surface area contributed by atoms with Crippen LogP contribution in [0, 0.1) is 11.7 Å². The molecule has 0 radical (unpaired) electrons. The Hall–Kier alpha value is -0.980. The highest BCUT2D eigenvalue weighted by molar-refractivity contribution is 7.88. The number of hydrogen-bond acceptors (Lipinski definition) is 3. The molecule has 1 rings (SSSR count). The lowest BCUT2D eigenvalue weighted by atomic mass is 9.96. The second-order valence-electron chi connectivity index (χ2n) is 6.14. The van der Waals surface area contributed by atoms with Crippen molar-refractivity contribution in [2.75, 3.05) is 6.54 Å². The lowest BCUT2D eigenvalue weighted by molar-refractivity contribution is 0.0506. The van der Waals surface area contributed by atoms with Gasteiger partial charge >= 0.3 is 0 Å². The van der Waals surface area contributed by atoms with Gasteiger partial charge in [-0.15, -0.1) is 0 Å². The van der Waals surface area contributed by atoms with Crippen LogP contribution in [0.25, 0.3) is 0 Å². The van der Waals surface area contributed by atoms with E-state index in [1.54, 1.807) is 13.0 Å². The van der Waals surface area contributed by atoms with E-state index in [4.69, 9.17) is 0 Å². The van der Waals surface area contributed by atoms with E-state index >= 15 is 0 Å². The Morgan fingerprint density at radius 1 is 1.38 bits per heavy atom. The first-order valence-corrected chi connectivity index (χ1v) is 8.69. The normalized spacial score (nSPS) is 15.1. The lowest BCUT2D eigenvalue weighted by Crippen LogP contribution is -2.41. The minimum absolute atomic E-state index is 0.0443. The van der Waals surface area contributed by atoms with Crippen molar-refractivity contribution in [3.63, 3.8) is 0 Å². The summed E-state index contributed by atoms with van der Waals surface area (Å²) in [4.78, 5) is 0. The van der Waals surface area contributed by atoms with Crippen molar-refractivity contribution in [2.45, 2.75) is 45.0 Å². The standard InChI is InChI=1S/C15H24FNO3S/c1-12(2)7-8-15(3,18)11-17-21(19,20)10-13-5-4-6-14(16)9-13/h4-6,9,12,17-18H,7-8,10-11H2,1-3H3. The molecular formula is C15H24FNO3S. The largest absolute Gasteiger partial charge is 0.389 e. The van der Waals surface area contributed by atoms with Crippen molar-refractivity contribution < 1.29 is 17.9 Å². The van der Waals surface area contributed by atoms with E-state index in [1.165, 1.54) is 18.2 Å². The van der Waals surface area contributed by atoms with Crippen LogP contribution in [0.5, 0.6) is 0 Å². The minimum atomic E-state index is -3.60. The van der Waals surface area contributed by atoms with Crippen LogP contribution >= 0.6 is 0 Å². The molecule has 0 bridgehead atoms. The second kappa shape index (κ2) is 7.33. The molecule has 0 aromatic heterocycles. The third-order valence-electron chi connectivity index (χ3n) is 3.18. The van der Waals surface area contributed by atoms with Gasteiger partial charge in [0.1, 0.15) is 5.82 Å². The molecule has 1 aromatic rings. The van der Waals surface area contributed by atoms with Crippen molar-refractivity contribution in [2.24, 2.45) is 5.92 Å². The van der Waals surface area contributed by atoms with Gasteiger partial charge in [-0.1, -0.05) is 26.0 Å². The predicted molar refractivity (Wildman–Crippen MR) is 81.7 cm³/mol. The number of rotatable bonds is 8. The highest BCUT2D eigenvalue weighted by atomic mass is 32.2. The number of benzene rings is 1. The Balaban J connectivity index is 2.56. The Kier molecular flexibility index (Phi) is 6.31. The first-order chi connectivity index (χ1) is 9.60. The Labute approximate surface area is 126 Å². The highest BCUT2D eigenvalue weighted by Gasteiger charge is 2.23. The fourth-order valence-corrected chi connectivity index (χ4v) is 3.10. The van der Waals surface area contributed by atoms with Crippen LogP contribution in [0.3, 0.4) is 0 Å². The van der Waals surface area contributed by atoms with Crippen LogP contribution in [0.4, 0.5) is 4.39 Å². The van der Waals surface area contributed by atoms with E-state index in [0.717, 1.165) is 6.42 Å². The van der Waals surface area contributed by atoms with Gasteiger partial charge in [-0.25, -0.2) is 17.5 Å². The summed E-state index contributed by atoms with van der Waals surface area (Å²) >= 11 is 0. The van der Waals surface area contributed by atoms with Crippen molar-refractivity contribution >= 4 is 10.0 Å². The van der Waals surface area contributed by atoms with Crippen LogP contribution in [-0.2, 0) is 15.8 Å². The van der Waals surface area contributed by atoms with Gasteiger partial charge in [0.25, 0.3) is 0 Å². The molecule has 0 amide bonds. The number of halogens is 1. The molecular weight excluding hydrogens is 293 g/mol. The molecule has 4 nitrogen and oxygen atoms in total. The molecule has 0 aliphatic carbocycles. The molecule has 0 aliphatic rings. The van der Waals surface area contributed by atoms with Crippen LogP contribution in [-0.4, -0.2) is 25.7 Å². The monoisotopic (exact) mass is 317 g/mol. The maximum atomic E-state index is 13.0. The summed E-state index contributed by atoms with van der Waals surface area (Å²) in [5, 5.41) is 10.1. The fraction of sp³-hybridized carbons (Fsp3) is 0.600. The van der Waals surface area contributed by atoms with Crippen molar-refractivity contribution in [3.05, 3.63) is 35.6 Å². The number of hydrogen-bond donors (Lipinski definition) is 2. The molecule has 0 aliphatic heterocycles. The summed E-state index contributed by atoms with van der Waals surface area (Å²) in [5.74, 6) is -0.322. The van der Waals surface area contributed by atoms with Gasteiger partial charge in [-0.3, -0.25) is 0 Å². The molecule has 120 valence electrons. The third-order valence-corrected chi connectivity index (χ3v) is 4.48. The van der Waals surface area contributed by atoms with Crippen molar-refractivity contribution in [1.82, 2.24) is 4.72 Å². The molecule has 0 saturated heterocycles. The van der Waals surface area contributed by atoms with E-state index in [1.807, 2.05) is 13.8 Å². The van der Waals surface area contributed by atoms with Gasteiger partial charge in [-0.2, -0.15) is 0 Å². The molecule has 0 heterocycles. The molecule has 0 spiro atoms. The molecule has 0 saturated carbocycles. The Morgan fingerprint density at radius 2 is 2.05 bits per heavy atom. The maximum Gasteiger partial charge on any atom is 0.215 e. The molecule has 1 atom stereocenters. The lowest BCUT2D eigenvalue weighted by Gasteiger charge is -2.24. The van der Waals surface area contributed by atoms with Crippen molar-refractivity contribution in [3.8, 4) is 0 Å².